The largest absolute Gasteiger partial charge is 0.459 e. The van der Waals surface area contributed by atoms with Gasteiger partial charge in [-0.25, -0.2) is 4.79 Å². The van der Waals surface area contributed by atoms with Gasteiger partial charge in [0.1, 0.15) is 12.6 Å². The molecule has 23 heavy (non-hydrogen) atoms. The number of aryl methyl sites for hydroxylation is 1. The van der Waals surface area contributed by atoms with Crippen LogP contribution in [0.15, 0.2) is 53.0 Å². The average molecular weight is 376 g/mol. The summed E-state index contributed by atoms with van der Waals surface area (Å²) in [4.78, 5) is 24.1. The van der Waals surface area contributed by atoms with Gasteiger partial charge in [0.25, 0.3) is 5.91 Å². The van der Waals surface area contributed by atoms with Crippen LogP contribution in [-0.4, -0.2) is 17.9 Å². The summed E-state index contributed by atoms with van der Waals surface area (Å²) in [6.45, 7) is 3.77. The summed E-state index contributed by atoms with van der Waals surface area (Å²) in [5, 5.41) is 2.64. The Morgan fingerprint density at radius 1 is 1.13 bits per heavy atom. The molecule has 0 heterocycles. The second-order valence-corrected chi connectivity index (χ2v) is 6.15. The molecule has 2 rings (SSSR count). The van der Waals surface area contributed by atoms with Crippen LogP contribution in [-0.2, 0) is 16.1 Å². The van der Waals surface area contributed by atoms with Gasteiger partial charge in [-0.05, 0) is 49.2 Å². The summed E-state index contributed by atoms with van der Waals surface area (Å²) in [5.74, 6) is -0.767. The fourth-order valence-corrected chi connectivity index (χ4v) is 2.25. The molecular weight excluding hydrogens is 358 g/mol. The van der Waals surface area contributed by atoms with Gasteiger partial charge in [0, 0.05) is 10.0 Å². The van der Waals surface area contributed by atoms with E-state index in [-0.39, 0.29) is 12.5 Å². The van der Waals surface area contributed by atoms with Gasteiger partial charge in [0.15, 0.2) is 0 Å². The standard InChI is InChI=1S/C18H18BrNO3/c1-12-5-3-4-6-15(12)11-23-18(22)13(2)20-17(21)14-7-9-16(19)10-8-14/h3-10,13H,11H2,1-2H3,(H,20,21)/t13-/m0/s1. The van der Waals surface area contributed by atoms with Crippen LogP contribution >= 0.6 is 15.9 Å². The lowest BCUT2D eigenvalue weighted by Crippen LogP contribution is -2.39. The Morgan fingerprint density at radius 2 is 1.78 bits per heavy atom. The molecule has 1 N–H and O–H groups in total. The number of nitrogens with one attached hydrogen (secondary N) is 1. The topological polar surface area (TPSA) is 55.4 Å². The van der Waals surface area contributed by atoms with Crippen molar-refractivity contribution in [1.82, 2.24) is 5.32 Å². The number of benzene rings is 2. The molecule has 1 atom stereocenters. The Kier molecular flexibility index (Phi) is 5.93. The summed E-state index contributed by atoms with van der Waals surface area (Å²) in [6, 6.07) is 13.9. The van der Waals surface area contributed by atoms with Crippen molar-refractivity contribution in [3.8, 4) is 0 Å². The van der Waals surface area contributed by atoms with Crippen molar-refractivity contribution in [3.63, 3.8) is 0 Å². The van der Waals surface area contributed by atoms with Crippen molar-refractivity contribution < 1.29 is 14.3 Å². The molecule has 120 valence electrons. The van der Waals surface area contributed by atoms with E-state index in [4.69, 9.17) is 4.74 Å². The highest BCUT2D eigenvalue weighted by Crippen LogP contribution is 2.11. The summed E-state index contributed by atoms with van der Waals surface area (Å²) in [7, 11) is 0. The first-order valence-corrected chi connectivity index (χ1v) is 8.04. The number of carbonyl (C=O) groups is 2. The summed E-state index contributed by atoms with van der Waals surface area (Å²) < 4.78 is 6.15. The van der Waals surface area contributed by atoms with Gasteiger partial charge in [-0.2, -0.15) is 0 Å². The molecule has 1 amide bonds. The zero-order chi connectivity index (χ0) is 16.8. The van der Waals surface area contributed by atoms with E-state index in [1.54, 1.807) is 31.2 Å². The van der Waals surface area contributed by atoms with E-state index in [1.807, 2.05) is 31.2 Å². The predicted octanol–water partition coefficient (Wildman–Crippen LogP) is 3.62. The van der Waals surface area contributed by atoms with Crippen LogP contribution < -0.4 is 5.32 Å². The molecule has 0 aliphatic rings. The number of amides is 1. The van der Waals surface area contributed by atoms with Crippen LogP contribution in [0.2, 0.25) is 0 Å². The Labute approximate surface area is 144 Å². The highest BCUT2D eigenvalue weighted by atomic mass is 79.9. The van der Waals surface area contributed by atoms with Crippen molar-refractivity contribution in [2.24, 2.45) is 0 Å². The second kappa shape index (κ2) is 7.92. The Hall–Kier alpha value is -2.14. The van der Waals surface area contributed by atoms with Crippen LogP contribution in [0.25, 0.3) is 0 Å². The SMILES string of the molecule is Cc1ccccc1COC(=O)[C@H](C)NC(=O)c1ccc(Br)cc1. The van der Waals surface area contributed by atoms with Gasteiger partial charge in [0.05, 0.1) is 0 Å². The van der Waals surface area contributed by atoms with Crippen LogP contribution in [0, 0.1) is 6.92 Å². The monoisotopic (exact) mass is 375 g/mol. The van der Waals surface area contributed by atoms with E-state index >= 15 is 0 Å². The van der Waals surface area contributed by atoms with Crippen molar-refractivity contribution in [2.75, 3.05) is 0 Å². The van der Waals surface area contributed by atoms with Gasteiger partial charge in [-0.1, -0.05) is 40.2 Å². The van der Waals surface area contributed by atoms with E-state index in [2.05, 4.69) is 21.2 Å². The van der Waals surface area contributed by atoms with E-state index in [9.17, 15) is 9.59 Å². The number of halogens is 1. The molecule has 5 heteroatoms. The fourth-order valence-electron chi connectivity index (χ4n) is 1.99. The van der Waals surface area contributed by atoms with Crippen molar-refractivity contribution in [3.05, 3.63) is 69.7 Å². The summed E-state index contributed by atoms with van der Waals surface area (Å²) in [5.41, 5.74) is 2.51. The third kappa shape index (κ3) is 4.93. The number of ether oxygens (including phenoxy) is 1. The van der Waals surface area contributed by atoms with Crippen LogP contribution in [0.5, 0.6) is 0 Å². The predicted molar refractivity (Wildman–Crippen MR) is 92.0 cm³/mol. The highest BCUT2D eigenvalue weighted by molar-refractivity contribution is 9.10. The Morgan fingerprint density at radius 3 is 2.43 bits per heavy atom. The first kappa shape index (κ1) is 17.2. The Balaban J connectivity index is 1.88. The number of hydrogen-bond donors (Lipinski definition) is 1. The van der Waals surface area contributed by atoms with E-state index in [1.165, 1.54) is 0 Å². The summed E-state index contributed by atoms with van der Waals surface area (Å²) in [6.07, 6.45) is 0. The lowest BCUT2D eigenvalue weighted by atomic mass is 10.1. The zero-order valence-corrected chi connectivity index (χ0v) is 14.6. The average Bonchev–Trinajstić information content (AvgIpc) is 2.54. The maximum absolute atomic E-state index is 12.1. The first-order valence-electron chi connectivity index (χ1n) is 7.25. The van der Waals surface area contributed by atoms with Gasteiger partial charge in [-0.3, -0.25) is 4.79 Å². The number of hydrogen-bond acceptors (Lipinski definition) is 3. The van der Waals surface area contributed by atoms with Gasteiger partial charge in [0.2, 0.25) is 0 Å². The lowest BCUT2D eigenvalue weighted by Gasteiger charge is -2.14. The molecule has 0 aliphatic carbocycles. The molecule has 2 aromatic rings. The maximum atomic E-state index is 12.1. The van der Waals surface area contributed by atoms with Crippen molar-refractivity contribution in [2.45, 2.75) is 26.5 Å². The molecular formula is C18H18BrNO3. The molecule has 0 fully saturated rings. The minimum absolute atomic E-state index is 0.198. The highest BCUT2D eigenvalue weighted by Gasteiger charge is 2.18. The van der Waals surface area contributed by atoms with E-state index < -0.39 is 12.0 Å². The minimum atomic E-state index is -0.713. The number of carbonyl (C=O) groups excluding carboxylic acids is 2. The van der Waals surface area contributed by atoms with E-state index in [0.717, 1.165) is 15.6 Å². The van der Waals surface area contributed by atoms with Crippen molar-refractivity contribution >= 4 is 27.8 Å². The fraction of sp³-hybridized carbons (Fsp3) is 0.222. The van der Waals surface area contributed by atoms with Gasteiger partial charge < -0.3 is 10.1 Å². The zero-order valence-electron chi connectivity index (χ0n) is 13.0. The minimum Gasteiger partial charge on any atom is -0.459 e. The number of esters is 1. The number of rotatable bonds is 5. The van der Waals surface area contributed by atoms with Gasteiger partial charge in [-0.15, -0.1) is 0 Å². The smallest absolute Gasteiger partial charge is 0.328 e. The second-order valence-electron chi connectivity index (χ2n) is 5.24. The van der Waals surface area contributed by atoms with Crippen LogP contribution in [0.4, 0.5) is 0 Å². The molecule has 0 saturated heterocycles. The first-order chi connectivity index (χ1) is 11.0. The molecule has 0 spiro atoms. The van der Waals surface area contributed by atoms with Gasteiger partial charge >= 0.3 is 5.97 Å². The van der Waals surface area contributed by atoms with Crippen molar-refractivity contribution in [1.29, 1.82) is 0 Å². The summed E-state index contributed by atoms with van der Waals surface area (Å²) >= 11 is 3.31. The Bertz CT molecular complexity index is 698. The molecule has 0 aromatic heterocycles. The molecule has 0 radical (unpaired) electrons. The van der Waals surface area contributed by atoms with Crippen LogP contribution in [0.1, 0.15) is 28.4 Å². The molecule has 2 aromatic carbocycles. The normalized spacial score (nSPS) is 11.6. The molecule has 0 bridgehead atoms. The third-order valence-corrected chi connectivity index (χ3v) is 3.97. The van der Waals surface area contributed by atoms with E-state index in [0.29, 0.717) is 5.56 Å². The maximum Gasteiger partial charge on any atom is 0.328 e. The quantitative estimate of drug-likeness (QED) is 0.811. The lowest BCUT2D eigenvalue weighted by molar-refractivity contribution is -0.146. The van der Waals surface area contributed by atoms with Crippen LogP contribution in [0.3, 0.4) is 0 Å². The third-order valence-electron chi connectivity index (χ3n) is 3.44. The molecule has 4 nitrogen and oxygen atoms in total. The molecule has 0 saturated carbocycles. The molecule has 0 unspecified atom stereocenters. The molecule has 0 aliphatic heterocycles.